The zero-order valence-electron chi connectivity index (χ0n) is 23.8. The van der Waals surface area contributed by atoms with Gasteiger partial charge < -0.3 is 10.2 Å². The van der Waals surface area contributed by atoms with E-state index in [2.05, 4.69) is 109 Å². The predicted octanol–water partition coefficient (Wildman–Crippen LogP) is 9.54. The number of para-hydroxylation sites is 2. The average molecular weight is 476 g/mol. The lowest BCUT2D eigenvalue weighted by Crippen LogP contribution is -2.42. The molecule has 3 heteroatoms. The van der Waals surface area contributed by atoms with Gasteiger partial charge in [-0.2, -0.15) is 0 Å². The van der Waals surface area contributed by atoms with E-state index in [-0.39, 0.29) is 0 Å². The second kappa shape index (κ2) is 12.1. The molecule has 1 fully saturated rings. The van der Waals surface area contributed by atoms with E-state index >= 15 is 0 Å². The summed E-state index contributed by atoms with van der Waals surface area (Å²) in [6, 6.07) is 14.0. The molecule has 0 unspecified atom stereocenters. The summed E-state index contributed by atoms with van der Waals surface area (Å²) in [6.07, 6.45) is 6.45. The van der Waals surface area contributed by atoms with Gasteiger partial charge in [0.2, 0.25) is 5.96 Å². The lowest BCUT2D eigenvalue weighted by atomic mass is 9.92. The number of benzene rings is 2. The summed E-state index contributed by atoms with van der Waals surface area (Å²) in [6.45, 7) is 18.3. The van der Waals surface area contributed by atoms with E-state index in [0.29, 0.717) is 29.7 Å². The molecule has 1 N–H and O–H groups in total. The Hall–Kier alpha value is -2.29. The molecule has 0 spiro atoms. The van der Waals surface area contributed by atoms with Crippen molar-refractivity contribution in [3.63, 3.8) is 0 Å². The Morgan fingerprint density at radius 3 is 1.57 bits per heavy atom. The van der Waals surface area contributed by atoms with Crippen LogP contribution in [-0.2, 0) is 0 Å². The number of nitrogens with zero attached hydrogens (tertiary/aromatic N) is 2. The number of nitrogens with one attached hydrogen (secondary N) is 1. The van der Waals surface area contributed by atoms with E-state index < -0.39 is 0 Å². The highest BCUT2D eigenvalue weighted by Crippen LogP contribution is 2.37. The Morgan fingerprint density at radius 2 is 1.14 bits per heavy atom. The third kappa shape index (κ3) is 6.48. The van der Waals surface area contributed by atoms with Gasteiger partial charge in [-0.1, -0.05) is 111 Å². The van der Waals surface area contributed by atoms with E-state index in [4.69, 9.17) is 4.99 Å². The number of anilines is 1. The van der Waals surface area contributed by atoms with E-state index in [0.717, 1.165) is 11.6 Å². The molecule has 0 aromatic heterocycles. The summed E-state index contributed by atoms with van der Waals surface area (Å²) in [4.78, 5) is 7.95. The highest BCUT2D eigenvalue weighted by atomic mass is 15.3. The molecule has 0 heterocycles. The van der Waals surface area contributed by atoms with Crippen LogP contribution in [0.2, 0.25) is 0 Å². The lowest BCUT2D eigenvalue weighted by molar-refractivity contribution is 0.278. The molecule has 0 atom stereocenters. The molecule has 0 saturated heterocycles. The number of guanidine groups is 1. The van der Waals surface area contributed by atoms with Crippen LogP contribution in [0, 0.1) is 0 Å². The van der Waals surface area contributed by atoms with Crippen molar-refractivity contribution in [2.75, 3.05) is 12.4 Å². The Kier molecular flexibility index (Phi) is 9.44. The van der Waals surface area contributed by atoms with Gasteiger partial charge in [-0.3, -0.25) is 0 Å². The number of aliphatic imine (C=N–C) groups is 1. The van der Waals surface area contributed by atoms with Crippen molar-refractivity contribution in [2.24, 2.45) is 4.99 Å². The van der Waals surface area contributed by atoms with E-state index in [1.807, 2.05) is 0 Å². The normalized spacial score (nSPS) is 15.5. The Balaban J connectivity index is 2.21. The summed E-state index contributed by atoms with van der Waals surface area (Å²) in [7, 11) is 2.25. The zero-order valence-corrected chi connectivity index (χ0v) is 23.8. The largest absolute Gasteiger partial charge is 0.342 e. The van der Waals surface area contributed by atoms with Crippen LogP contribution in [0.25, 0.3) is 0 Å². The monoisotopic (exact) mass is 475 g/mol. The van der Waals surface area contributed by atoms with Crippen LogP contribution in [0.5, 0.6) is 0 Å². The number of rotatable bonds is 7. The molecular weight excluding hydrogens is 426 g/mol. The molecule has 0 bridgehead atoms. The lowest BCUT2D eigenvalue weighted by Gasteiger charge is -2.35. The number of hydrogen-bond donors (Lipinski definition) is 1. The van der Waals surface area contributed by atoms with Crippen molar-refractivity contribution >= 4 is 17.3 Å². The predicted molar refractivity (Wildman–Crippen MR) is 155 cm³/mol. The molecule has 0 aliphatic heterocycles. The summed E-state index contributed by atoms with van der Waals surface area (Å²) in [5.41, 5.74) is 7.77. The molecule has 1 aliphatic carbocycles. The molecule has 2 aromatic carbocycles. The Morgan fingerprint density at radius 1 is 0.714 bits per heavy atom. The van der Waals surface area contributed by atoms with Crippen molar-refractivity contribution in [2.45, 2.75) is 117 Å². The topological polar surface area (TPSA) is 27.6 Å². The average Bonchev–Trinajstić information content (AvgIpc) is 2.83. The maximum atomic E-state index is 5.50. The standard InChI is InChI=1S/C32H49N3/c1-21(2)26-17-13-18-27(22(3)4)30(26)33-32(35(9)25-15-11-10-12-16-25)34-31-28(23(5)6)19-14-20-29(31)24(7)8/h13-14,17-25H,10-12,15-16H2,1-9H3,(H,33,34). The quantitative estimate of drug-likeness (QED) is 0.319. The fourth-order valence-corrected chi connectivity index (χ4v) is 5.39. The molecule has 0 radical (unpaired) electrons. The molecule has 192 valence electrons. The molecule has 1 saturated carbocycles. The highest BCUT2D eigenvalue weighted by molar-refractivity contribution is 5.97. The second-order valence-electron chi connectivity index (χ2n) is 11.7. The van der Waals surface area contributed by atoms with Crippen LogP contribution in [0.4, 0.5) is 11.4 Å². The van der Waals surface area contributed by atoms with Crippen LogP contribution >= 0.6 is 0 Å². The zero-order chi connectivity index (χ0) is 25.7. The first-order valence-corrected chi connectivity index (χ1v) is 14.0. The summed E-state index contributed by atoms with van der Waals surface area (Å²) in [5, 5.41) is 3.93. The van der Waals surface area contributed by atoms with Gasteiger partial charge in [0.25, 0.3) is 0 Å². The molecule has 0 amide bonds. The first kappa shape index (κ1) is 27.3. The van der Waals surface area contributed by atoms with Gasteiger partial charge in [-0.05, 0) is 58.8 Å². The SMILES string of the molecule is CC(C)c1cccc(C(C)C)c1N=C(Nc1c(C(C)C)cccc1C(C)C)N(C)C1CCCCC1. The van der Waals surface area contributed by atoms with Gasteiger partial charge in [0, 0.05) is 18.8 Å². The summed E-state index contributed by atoms with van der Waals surface area (Å²) in [5.74, 6) is 2.70. The summed E-state index contributed by atoms with van der Waals surface area (Å²) >= 11 is 0. The summed E-state index contributed by atoms with van der Waals surface area (Å²) < 4.78 is 0. The highest BCUT2D eigenvalue weighted by Gasteiger charge is 2.24. The van der Waals surface area contributed by atoms with Crippen molar-refractivity contribution in [1.82, 2.24) is 4.90 Å². The fourth-order valence-electron chi connectivity index (χ4n) is 5.39. The Labute approximate surface area is 215 Å². The minimum absolute atomic E-state index is 0.419. The molecule has 35 heavy (non-hydrogen) atoms. The molecule has 2 aromatic rings. The van der Waals surface area contributed by atoms with E-state index in [1.54, 1.807) is 0 Å². The Bertz CT molecular complexity index is 941. The van der Waals surface area contributed by atoms with Gasteiger partial charge in [-0.15, -0.1) is 0 Å². The molecule has 1 aliphatic rings. The maximum Gasteiger partial charge on any atom is 0.203 e. The van der Waals surface area contributed by atoms with Crippen LogP contribution < -0.4 is 5.32 Å². The van der Waals surface area contributed by atoms with Gasteiger partial charge >= 0.3 is 0 Å². The van der Waals surface area contributed by atoms with Crippen molar-refractivity contribution in [3.05, 3.63) is 58.7 Å². The van der Waals surface area contributed by atoms with Crippen molar-refractivity contribution < 1.29 is 0 Å². The first-order chi connectivity index (χ1) is 16.6. The van der Waals surface area contributed by atoms with Gasteiger partial charge in [0.05, 0.1) is 5.69 Å². The van der Waals surface area contributed by atoms with E-state index in [9.17, 15) is 0 Å². The van der Waals surface area contributed by atoms with Crippen LogP contribution in [0.1, 0.15) is 133 Å². The first-order valence-electron chi connectivity index (χ1n) is 14.0. The molecule has 3 rings (SSSR count). The molecular formula is C32H49N3. The third-order valence-electron chi connectivity index (χ3n) is 7.63. The second-order valence-corrected chi connectivity index (χ2v) is 11.7. The van der Waals surface area contributed by atoms with Gasteiger partial charge in [0.1, 0.15) is 0 Å². The van der Waals surface area contributed by atoms with Crippen LogP contribution in [0.3, 0.4) is 0 Å². The third-order valence-corrected chi connectivity index (χ3v) is 7.63. The van der Waals surface area contributed by atoms with Crippen LogP contribution in [-0.4, -0.2) is 23.9 Å². The number of hydrogen-bond acceptors (Lipinski definition) is 1. The minimum Gasteiger partial charge on any atom is -0.342 e. The minimum atomic E-state index is 0.419. The van der Waals surface area contributed by atoms with Crippen molar-refractivity contribution in [3.8, 4) is 0 Å². The van der Waals surface area contributed by atoms with Crippen molar-refractivity contribution in [1.29, 1.82) is 0 Å². The molecule has 3 nitrogen and oxygen atoms in total. The smallest absolute Gasteiger partial charge is 0.203 e. The fraction of sp³-hybridized carbons (Fsp3) is 0.594. The van der Waals surface area contributed by atoms with Crippen LogP contribution in [0.15, 0.2) is 41.4 Å². The van der Waals surface area contributed by atoms with Gasteiger partial charge in [-0.25, -0.2) is 4.99 Å². The van der Waals surface area contributed by atoms with E-state index in [1.165, 1.54) is 60.0 Å². The maximum absolute atomic E-state index is 5.50. The van der Waals surface area contributed by atoms with Gasteiger partial charge in [0.15, 0.2) is 0 Å².